The van der Waals surface area contributed by atoms with Crippen LogP contribution in [0.1, 0.15) is 35.4 Å². The number of nitrogen functional groups attached to an aromatic ring is 1. The summed E-state index contributed by atoms with van der Waals surface area (Å²) < 4.78 is 0. The molecule has 0 fully saturated rings. The fourth-order valence-electron chi connectivity index (χ4n) is 2.76. The summed E-state index contributed by atoms with van der Waals surface area (Å²) in [5.41, 5.74) is 9.43. The molecule has 0 radical (unpaired) electrons. The zero-order chi connectivity index (χ0) is 9.54. The molecule has 3 N–H and O–H groups in total. The topological polar surface area (TPSA) is 50.9 Å². The van der Waals surface area contributed by atoms with Crippen molar-refractivity contribution in [3.8, 4) is 0 Å². The first-order valence-electron chi connectivity index (χ1n) is 5.40. The zero-order valence-corrected chi connectivity index (χ0v) is 8.27. The van der Waals surface area contributed by atoms with E-state index in [1.54, 1.807) is 0 Å². The first-order chi connectivity index (χ1) is 6.90. The molecule has 3 heteroatoms. The Kier molecular flexibility index (Phi) is 1.74. The standard InChI is InChI=1S/C11H15N3/c12-14-11-7-3-1-5-9(7)13-10-6-2-4-8(10)11/h1-6,12H2,(H,13,14). The van der Waals surface area contributed by atoms with Crippen LogP contribution in [0.5, 0.6) is 0 Å². The largest absolute Gasteiger partial charge is 0.323 e. The van der Waals surface area contributed by atoms with E-state index in [1.807, 2.05) is 0 Å². The molecule has 1 aromatic heterocycles. The van der Waals surface area contributed by atoms with Crippen molar-refractivity contribution in [1.29, 1.82) is 0 Å². The number of aryl methyl sites for hydroxylation is 2. The van der Waals surface area contributed by atoms with Crippen LogP contribution in [0, 0.1) is 0 Å². The molecule has 0 unspecified atom stereocenters. The van der Waals surface area contributed by atoms with E-state index in [0.29, 0.717) is 0 Å². The maximum atomic E-state index is 5.62. The molecule has 1 heterocycles. The SMILES string of the molecule is NNc1c2c(nc3c1CCC3)CCC2. The molecule has 2 aliphatic carbocycles. The Morgan fingerprint density at radius 1 is 0.929 bits per heavy atom. The smallest absolute Gasteiger partial charge is 0.0585 e. The molecule has 0 atom stereocenters. The number of hydrogen-bond donors (Lipinski definition) is 2. The van der Waals surface area contributed by atoms with E-state index in [-0.39, 0.29) is 0 Å². The Bertz CT molecular complexity index is 352. The minimum absolute atomic E-state index is 1.14. The molecule has 0 saturated carbocycles. The summed E-state index contributed by atoms with van der Waals surface area (Å²) >= 11 is 0. The second kappa shape index (κ2) is 2.95. The summed E-state index contributed by atoms with van der Waals surface area (Å²) in [6.07, 6.45) is 7.04. The number of nitrogens with two attached hydrogens (primary N) is 1. The van der Waals surface area contributed by atoms with Crippen LogP contribution in [-0.4, -0.2) is 4.98 Å². The quantitative estimate of drug-likeness (QED) is 0.518. The molecule has 3 nitrogen and oxygen atoms in total. The normalized spacial score (nSPS) is 18.1. The number of aromatic nitrogens is 1. The minimum Gasteiger partial charge on any atom is -0.323 e. The predicted molar refractivity (Wildman–Crippen MR) is 56.1 cm³/mol. The molecular formula is C11H15N3. The number of hydrazine groups is 1. The summed E-state index contributed by atoms with van der Waals surface area (Å²) in [5, 5.41) is 0. The molecule has 14 heavy (non-hydrogen) atoms. The third kappa shape index (κ3) is 0.989. The number of anilines is 1. The molecule has 3 rings (SSSR count). The molecule has 0 bridgehead atoms. The number of rotatable bonds is 1. The maximum absolute atomic E-state index is 5.62. The fraction of sp³-hybridized carbons (Fsp3) is 0.545. The number of fused-ring (bicyclic) bond motifs is 2. The lowest BCUT2D eigenvalue weighted by molar-refractivity contribution is 0.872. The van der Waals surface area contributed by atoms with Crippen molar-refractivity contribution in [3.63, 3.8) is 0 Å². The molecule has 74 valence electrons. The van der Waals surface area contributed by atoms with Crippen LogP contribution in [0.3, 0.4) is 0 Å². The summed E-state index contributed by atoms with van der Waals surface area (Å²) in [6, 6.07) is 0. The monoisotopic (exact) mass is 189 g/mol. The van der Waals surface area contributed by atoms with Gasteiger partial charge in [0.1, 0.15) is 0 Å². The van der Waals surface area contributed by atoms with Gasteiger partial charge in [-0.25, -0.2) is 0 Å². The van der Waals surface area contributed by atoms with Gasteiger partial charge in [-0.15, -0.1) is 0 Å². The Balaban J connectivity index is 2.24. The highest BCUT2D eigenvalue weighted by Crippen LogP contribution is 2.35. The second-order valence-electron chi connectivity index (χ2n) is 4.19. The average Bonchev–Trinajstić information content (AvgIpc) is 2.80. The Labute approximate surface area is 83.7 Å². The summed E-state index contributed by atoms with van der Waals surface area (Å²) in [6.45, 7) is 0. The number of hydrogen-bond acceptors (Lipinski definition) is 3. The molecular weight excluding hydrogens is 174 g/mol. The first kappa shape index (κ1) is 8.24. The van der Waals surface area contributed by atoms with E-state index in [0.717, 1.165) is 25.7 Å². The Hall–Kier alpha value is -1.09. The third-order valence-electron chi connectivity index (χ3n) is 3.40. The summed E-state index contributed by atoms with van der Waals surface area (Å²) in [5.74, 6) is 5.62. The van der Waals surface area contributed by atoms with Crippen molar-refractivity contribution in [1.82, 2.24) is 4.98 Å². The highest BCUT2D eigenvalue weighted by molar-refractivity contribution is 5.62. The molecule has 0 aliphatic heterocycles. The number of nitrogens with zero attached hydrogens (tertiary/aromatic N) is 1. The zero-order valence-electron chi connectivity index (χ0n) is 8.27. The van der Waals surface area contributed by atoms with Gasteiger partial charge < -0.3 is 5.43 Å². The van der Waals surface area contributed by atoms with E-state index in [9.17, 15) is 0 Å². The van der Waals surface area contributed by atoms with E-state index in [4.69, 9.17) is 10.8 Å². The van der Waals surface area contributed by atoms with E-state index in [2.05, 4.69) is 5.43 Å². The van der Waals surface area contributed by atoms with Crippen LogP contribution in [0.25, 0.3) is 0 Å². The van der Waals surface area contributed by atoms with Crippen molar-refractivity contribution in [2.24, 2.45) is 5.84 Å². The van der Waals surface area contributed by atoms with Gasteiger partial charge in [-0.2, -0.15) is 0 Å². The van der Waals surface area contributed by atoms with Crippen molar-refractivity contribution in [2.45, 2.75) is 38.5 Å². The van der Waals surface area contributed by atoms with Gasteiger partial charge in [0.05, 0.1) is 5.69 Å². The van der Waals surface area contributed by atoms with Crippen LogP contribution >= 0.6 is 0 Å². The van der Waals surface area contributed by atoms with Gasteiger partial charge >= 0.3 is 0 Å². The van der Waals surface area contributed by atoms with Crippen molar-refractivity contribution in [3.05, 3.63) is 22.5 Å². The lowest BCUT2D eigenvalue weighted by atomic mass is 10.1. The van der Waals surface area contributed by atoms with Crippen LogP contribution < -0.4 is 11.3 Å². The van der Waals surface area contributed by atoms with Crippen LogP contribution in [0.2, 0.25) is 0 Å². The fourth-order valence-corrected chi connectivity index (χ4v) is 2.76. The third-order valence-corrected chi connectivity index (χ3v) is 3.40. The Morgan fingerprint density at radius 3 is 2.00 bits per heavy atom. The van der Waals surface area contributed by atoms with Crippen molar-refractivity contribution in [2.75, 3.05) is 5.43 Å². The predicted octanol–water partition coefficient (Wildman–Crippen LogP) is 1.34. The minimum atomic E-state index is 1.14. The lowest BCUT2D eigenvalue weighted by Crippen LogP contribution is -2.13. The van der Waals surface area contributed by atoms with Gasteiger partial charge in [0, 0.05) is 11.4 Å². The van der Waals surface area contributed by atoms with Crippen molar-refractivity contribution < 1.29 is 0 Å². The van der Waals surface area contributed by atoms with Crippen LogP contribution in [-0.2, 0) is 25.7 Å². The van der Waals surface area contributed by atoms with Crippen LogP contribution in [0.15, 0.2) is 0 Å². The van der Waals surface area contributed by atoms with E-state index in [1.165, 1.54) is 41.0 Å². The number of nitrogens with one attached hydrogen (secondary N) is 1. The maximum Gasteiger partial charge on any atom is 0.0585 e. The first-order valence-corrected chi connectivity index (χ1v) is 5.40. The van der Waals surface area contributed by atoms with Gasteiger partial charge in [0.25, 0.3) is 0 Å². The lowest BCUT2D eigenvalue weighted by Gasteiger charge is -2.12. The Morgan fingerprint density at radius 2 is 1.50 bits per heavy atom. The summed E-state index contributed by atoms with van der Waals surface area (Å²) in [7, 11) is 0. The van der Waals surface area contributed by atoms with E-state index >= 15 is 0 Å². The van der Waals surface area contributed by atoms with Gasteiger partial charge in [0.2, 0.25) is 0 Å². The van der Waals surface area contributed by atoms with Crippen LogP contribution in [0.4, 0.5) is 5.69 Å². The highest BCUT2D eigenvalue weighted by atomic mass is 15.2. The van der Waals surface area contributed by atoms with Gasteiger partial charge in [-0.3, -0.25) is 10.8 Å². The molecule has 2 aliphatic rings. The van der Waals surface area contributed by atoms with E-state index < -0.39 is 0 Å². The highest BCUT2D eigenvalue weighted by Gasteiger charge is 2.24. The summed E-state index contributed by atoms with van der Waals surface area (Å²) in [4.78, 5) is 4.75. The number of pyridine rings is 1. The molecule has 1 aromatic rings. The molecule has 0 amide bonds. The van der Waals surface area contributed by atoms with Crippen molar-refractivity contribution >= 4 is 5.69 Å². The van der Waals surface area contributed by atoms with Gasteiger partial charge in [-0.1, -0.05) is 0 Å². The van der Waals surface area contributed by atoms with Gasteiger partial charge in [0.15, 0.2) is 0 Å². The second-order valence-corrected chi connectivity index (χ2v) is 4.19. The molecule has 0 aromatic carbocycles. The van der Waals surface area contributed by atoms with Gasteiger partial charge in [-0.05, 0) is 49.7 Å². The molecule has 0 saturated heterocycles. The molecule has 0 spiro atoms. The average molecular weight is 189 g/mol.